The molecule has 3 N–H and O–H groups in total. The number of esters is 1. The molecular weight excluding hydrogens is 739 g/mol. The molecule has 0 aliphatic carbocycles. The number of aromatic nitrogens is 5. The average molecular weight is 780 g/mol. The number of pyridine rings is 2. The van der Waals surface area contributed by atoms with Crippen LogP contribution in [-0.2, 0) is 32.2 Å². The Morgan fingerprint density at radius 2 is 1.69 bits per heavy atom. The molecule has 9 rings (SSSR count). The van der Waals surface area contributed by atoms with Crippen molar-refractivity contribution in [2.24, 2.45) is 0 Å². The molecule has 2 aliphatic heterocycles. The van der Waals surface area contributed by atoms with Gasteiger partial charge in [0.2, 0.25) is 5.91 Å². The second kappa shape index (κ2) is 14.9. The van der Waals surface area contributed by atoms with Crippen LogP contribution in [0.5, 0.6) is 11.5 Å². The van der Waals surface area contributed by atoms with E-state index in [0.717, 1.165) is 44.0 Å². The first-order chi connectivity index (χ1) is 28.1. The lowest BCUT2D eigenvalue weighted by atomic mass is 9.98. The van der Waals surface area contributed by atoms with Gasteiger partial charge < -0.3 is 29.0 Å². The summed E-state index contributed by atoms with van der Waals surface area (Å²) < 4.78 is 14.8. The number of ether oxygens (including phenoxy) is 2. The van der Waals surface area contributed by atoms with Crippen molar-refractivity contribution >= 4 is 45.0 Å². The first-order valence-corrected chi connectivity index (χ1v) is 19.3. The number of hydrogen-bond donors (Lipinski definition) is 3. The summed E-state index contributed by atoms with van der Waals surface area (Å²) in [4.78, 5) is 48.0. The highest BCUT2D eigenvalue weighted by Gasteiger charge is 2.25. The van der Waals surface area contributed by atoms with Crippen LogP contribution in [-0.4, -0.2) is 82.2 Å². The minimum atomic E-state index is -0.507. The second-order valence-electron chi connectivity index (χ2n) is 15.1. The molecule has 3 aromatic carbocycles. The SMILES string of the molecule is CC(C)c1cc(-c2n[nH]c(=O)n2-c2ccc(CN3CCN(C(=O)CCC(=O)OC4=COCc5cn6cc7cc8ccccc8nc7c6cc54)CC3)cc2)c(O)cc1O. The van der Waals surface area contributed by atoms with E-state index in [4.69, 9.17) is 14.5 Å². The maximum absolute atomic E-state index is 13.2. The molecule has 6 heterocycles. The van der Waals surface area contributed by atoms with Gasteiger partial charge in [0.1, 0.15) is 24.4 Å². The number of amides is 1. The second-order valence-corrected chi connectivity index (χ2v) is 15.1. The Balaban J connectivity index is 0.790. The lowest BCUT2D eigenvalue weighted by Crippen LogP contribution is -2.48. The highest BCUT2D eigenvalue weighted by molar-refractivity contribution is 6.01. The average Bonchev–Trinajstić information content (AvgIpc) is 3.77. The van der Waals surface area contributed by atoms with Gasteiger partial charge in [-0.1, -0.05) is 44.2 Å². The molecule has 58 heavy (non-hydrogen) atoms. The first kappa shape index (κ1) is 36.7. The van der Waals surface area contributed by atoms with Gasteiger partial charge in [-0.25, -0.2) is 19.4 Å². The fourth-order valence-corrected chi connectivity index (χ4v) is 7.85. The molecule has 14 heteroatoms. The van der Waals surface area contributed by atoms with E-state index in [1.807, 2.05) is 85.2 Å². The van der Waals surface area contributed by atoms with Crippen molar-refractivity contribution in [3.63, 3.8) is 0 Å². The molecule has 0 spiro atoms. The minimum Gasteiger partial charge on any atom is -0.508 e. The van der Waals surface area contributed by atoms with Crippen molar-refractivity contribution in [2.45, 2.75) is 45.8 Å². The number of nitrogens with one attached hydrogen (secondary N) is 1. The standard InChI is InChI=1S/C44H41N7O7/c1-26(2)32-18-34(38(53)20-37(32)52)43-46-47-44(56)51(43)31-9-7-27(8-10-31)21-48-13-15-49(16-14-48)40(54)11-12-41(55)58-39-25-57-24-30-23-50-22-29-17-28-5-3-4-6-35(28)45-42(29)36(50)19-33(30)39/h3-10,17-20,22-23,25-26,52-53H,11-16,21,24H2,1-2H3,(H,47,56). The Bertz CT molecular complexity index is 2830. The summed E-state index contributed by atoms with van der Waals surface area (Å²) in [5.41, 5.74) is 6.38. The number of para-hydroxylation sites is 1. The number of fused-ring (bicyclic) bond motifs is 5. The van der Waals surface area contributed by atoms with Gasteiger partial charge in [-0.2, -0.15) is 5.10 Å². The maximum atomic E-state index is 13.2. The van der Waals surface area contributed by atoms with Crippen LogP contribution in [0.4, 0.5) is 0 Å². The zero-order valence-electron chi connectivity index (χ0n) is 32.0. The van der Waals surface area contributed by atoms with Crippen LogP contribution in [0.25, 0.3) is 50.2 Å². The van der Waals surface area contributed by atoms with E-state index >= 15 is 0 Å². The van der Waals surface area contributed by atoms with E-state index in [2.05, 4.69) is 21.2 Å². The quantitative estimate of drug-likeness (QED) is 0.143. The van der Waals surface area contributed by atoms with Gasteiger partial charge in [0.05, 0.1) is 34.2 Å². The van der Waals surface area contributed by atoms with Crippen molar-refractivity contribution in [1.82, 2.24) is 33.9 Å². The van der Waals surface area contributed by atoms with Crippen LogP contribution in [0.2, 0.25) is 0 Å². The smallest absolute Gasteiger partial charge is 0.348 e. The molecule has 1 fully saturated rings. The van der Waals surface area contributed by atoms with Gasteiger partial charge in [0.25, 0.3) is 0 Å². The number of aromatic hydroxyl groups is 2. The van der Waals surface area contributed by atoms with Gasteiger partial charge >= 0.3 is 11.7 Å². The number of carbonyl (C=O) groups excluding carboxylic acids is 2. The number of H-pyrrole nitrogens is 1. The predicted octanol–water partition coefficient (Wildman–Crippen LogP) is 6.21. The number of phenolic OH excluding ortho intramolecular Hbond substituents is 2. The summed E-state index contributed by atoms with van der Waals surface area (Å²) in [5.74, 6) is -0.283. The van der Waals surface area contributed by atoms with E-state index in [9.17, 15) is 24.6 Å². The van der Waals surface area contributed by atoms with Crippen LogP contribution in [0.3, 0.4) is 0 Å². The predicted molar refractivity (Wildman–Crippen MR) is 217 cm³/mol. The molecule has 0 bridgehead atoms. The van der Waals surface area contributed by atoms with E-state index in [1.54, 1.807) is 11.0 Å². The third-order valence-corrected chi connectivity index (χ3v) is 10.9. The zero-order valence-corrected chi connectivity index (χ0v) is 32.0. The molecule has 0 radical (unpaired) electrons. The number of rotatable bonds is 9. The molecule has 2 aliphatic rings. The van der Waals surface area contributed by atoms with Crippen LogP contribution >= 0.6 is 0 Å². The summed E-state index contributed by atoms with van der Waals surface area (Å²) in [6.45, 7) is 7.23. The summed E-state index contributed by atoms with van der Waals surface area (Å²) in [7, 11) is 0. The summed E-state index contributed by atoms with van der Waals surface area (Å²) in [6, 6.07) is 22.5. The van der Waals surface area contributed by atoms with Crippen molar-refractivity contribution < 1.29 is 29.3 Å². The van der Waals surface area contributed by atoms with E-state index in [-0.39, 0.29) is 42.0 Å². The molecular formula is C44H41N7O7. The lowest BCUT2D eigenvalue weighted by molar-refractivity contribution is -0.141. The molecule has 294 valence electrons. The van der Waals surface area contributed by atoms with Gasteiger partial charge in [-0.3, -0.25) is 14.5 Å². The Hall–Kier alpha value is -6.93. The molecule has 1 amide bonds. The zero-order chi connectivity index (χ0) is 40.1. The third kappa shape index (κ3) is 6.91. The lowest BCUT2D eigenvalue weighted by Gasteiger charge is -2.34. The Morgan fingerprint density at radius 1 is 0.897 bits per heavy atom. The fourth-order valence-electron chi connectivity index (χ4n) is 7.85. The largest absolute Gasteiger partial charge is 0.508 e. The molecule has 4 aromatic heterocycles. The third-order valence-electron chi connectivity index (χ3n) is 10.9. The van der Waals surface area contributed by atoms with E-state index in [0.29, 0.717) is 61.9 Å². The maximum Gasteiger partial charge on any atom is 0.348 e. The first-order valence-electron chi connectivity index (χ1n) is 19.3. The Morgan fingerprint density at radius 3 is 2.48 bits per heavy atom. The molecule has 1 saturated heterocycles. The van der Waals surface area contributed by atoms with E-state index < -0.39 is 11.7 Å². The van der Waals surface area contributed by atoms with Crippen molar-refractivity contribution in [3.05, 3.63) is 124 Å². The van der Waals surface area contributed by atoms with Crippen LogP contribution in [0.15, 0.2) is 96.2 Å². The number of benzene rings is 3. The number of aromatic amines is 1. The number of phenols is 2. The summed E-state index contributed by atoms with van der Waals surface area (Å²) >= 11 is 0. The van der Waals surface area contributed by atoms with Gasteiger partial charge in [-0.05, 0) is 53.4 Å². The molecule has 0 unspecified atom stereocenters. The van der Waals surface area contributed by atoms with Crippen molar-refractivity contribution in [2.75, 3.05) is 26.2 Å². The summed E-state index contributed by atoms with van der Waals surface area (Å²) in [6.07, 6.45) is 5.45. The van der Waals surface area contributed by atoms with Gasteiger partial charge in [-0.15, -0.1) is 0 Å². The number of carbonyl (C=O) groups is 2. The number of hydrogen-bond acceptors (Lipinski definition) is 10. The Kier molecular flexibility index (Phi) is 9.40. The monoisotopic (exact) mass is 779 g/mol. The highest BCUT2D eigenvalue weighted by atomic mass is 16.6. The highest BCUT2D eigenvalue weighted by Crippen LogP contribution is 2.37. The number of piperazine rings is 1. The molecule has 0 saturated carbocycles. The summed E-state index contributed by atoms with van der Waals surface area (Å²) in [5, 5.41) is 29.7. The fraction of sp³-hybridized carbons (Fsp3) is 0.250. The van der Waals surface area contributed by atoms with Crippen LogP contribution < -0.4 is 5.69 Å². The van der Waals surface area contributed by atoms with Crippen molar-refractivity contribution in [1.29, 1.82) is 0 Å². The van der Waals surface area contributed by atoms with E-state index in [1.165, 1.54) is 16.9 Å². The van der Waals surface area contributed by atoms with Crippen molar-refractivity contribution in [3.8, 4) is 28.6 Å². The van der Waals surface area contributed by atoms with Gasteiger partial charge in [0, 0.05) is 79.5 Å². The number of nitrogens with zero attached hydrogens (tertiary/aromatic N) is 6. The minimum absolute atomic E-state index is 0.0128. The molecule has 0 atom stereocenters. The van der Waals surface area contributed by atoms with Crippen LogP contribution in [0, 0.1) is 0 Å². The normalized spacial score (nSPS) is 14.5. The van der Waals surface area contributed by atoms with Crippen LogP contribution in [0.1, 0.15) is 54.9 Å². The Labute approximate surface area is 332 Å². The molecule has 14 nitrogen and oxygen atoms in total. The topological polar surface area (TPSA) is 168 Å². The van der Waals surface area contributed by atoms with Gasteiger partial charge in [0.15, 0.2) is 11.6 Å². The molecule has 7 aromatic rings.